The average molecular weight is 180 g/mol. The van der Waals surface area contributed by atoms with Crippen LogP contribution in [0.5, 0.6) is 5.88 Å². The highest BCUT2D eigenvalue weighted by Gasteiger charge is 2.27. The lowest BCUT2D eigenvalue weighted by molar-refractivity contribution is -0.121. The average Bonchev–Trinajstić information content (AvgIpc) is 2.90. The molecule has 1 heterocycles. The number of nitrogens with zero attached hydrogens (tertiary/aromatic N) is 2. The van der Waals surface area contributed by atoms with Gasteiger partial charge < -0.3 is 4.74 Å². The van der Waals surface area contributed by atoms with Crippen LogP contribution in [-0.2, 0) is 11.3 Å². The number of hydrogen-bond acceptors (Lipinski definition) is 3. The molecule has 0 atom stereocenters. The van der Waals surface area contributed by atoms with Crippen LogP contribution in [-0.4, -0.2) is 16.3 Å². The molecule has 0 radical (unpaired) electrons. The standard InChI is InChI=1S/C9H12N2O2/c1-2-11-9(13-6-12)5-8(10-11)7-3-4-7/h5-7H,2-4H2,1H3. The first-order chi connectivity index (χ1) is 6.35. The number of rotatable bonds is 4. The van der Waals surface area contributed by atoms with Crippen molar-refractivity contribution in [2.75, 3.05) is 0 Å². The van der Waals surface area contributed by atoms with Crippen molar-refractivity contribution in [1.29, 1.82) is 0 Å². The van der Waals surface area contributed by atoms with Gasteiger partial charge in [0.2, 0.25) is 5.88 Å². The van der Waals surface area contributed by atoms with Crippen molar-refractivity contribution >= 4 is 6.47 Å². The van der Waals surface area contributed by atoms with E-state index in [0.717, 1.165) is 12.2 Å². The first-order valence-corrected chi connectivity index (χ1v) is 4.53. The lowest BCUT2D eigenvalue weighted by atomic mass is 10.3. The molecule has 0 N–H and O–H groups in total. The molecule has 0 amide bonds. The Morgan fingerprint density at radius 1 is 1.77 bits per heavy atom. The van der Waals surface area contributed by atoms with Gasteiger partial charge in [-0.1, -0.05) is 0 Å². The van der Waals surface area contributed by atoms with Crippen LogP contribution in [0.25, 0.3) is 0 Å². The predicted molar refractivity (Wildman–Crippen MR) is 46.6 cm³/mol. The zero-order valence-corrected chi connectivity index (χ0v) is 7.56. The van der Waals surface area contributed by atoms with E-state index in [1.165, 1.54) is 12.8 Å². The summed E-state index contributed by atoms with van der Waals surface area (Å²) in [6.07, 6.45) is 2.42. The normalized spacial score (nSPS) is 15.8. The third-order valence-electron chi connectivity index (χ3n) is 2.23. The molecule has 1 saturated carbocycles. The van der Waals surface area contributed by atoms with Gasteiger partial charge >= 0.3 is 0 Å². The SMILES string of the molecule is CCn1nc(C2CC2)cc1OC=O. The molecule has 0 aromatic carbocycles. The summed E-state index contributed by atoms with van der Waals surface area (Å²) in [6.45, 7) is 3.15. The Kier molecular flexibility index (Phi) is 2.04. The molecule has 2 rings (SSSR count). The fourth-order valence-corrected chi connectivity index (χ4v) is 1.37. The van der Waals surface area contributed by atoms with Crippen LogP contribution in [0.1, 0.15) is 31.4 Å². The van der Waals surface area contributed by atoms with E-state index in [2.05, 4.69) is 5.10 Å². The highest BCUT2D eigenvalue weighted by atomic mass is 16.5. The molecule has 4 heteroatoms. The zero-order chi connectivity index (χ0) is 9.26. The molecular weight excluding hydrogens is 168 g/mol. The van der Waals surface area contributed by atoms with Crippen LogP contribution in [0.4, 0.5) is 0 Å². The van der Waals surface area contributed by atoms with Crippen molar-refractivity contribution < 1.29 is 9.53 Å². The minimum Gasteiger partial charge on any atom is -0.410 e. The molecule has 1 fully saturated rings. The van der Waals surface area contributed by atoms with Gasteiger partial charge in [0.25, 0.3) is 6.47 Å². The summed E-state index contributed by atoms with van der Waals surface area (Å²) in [5.41, 5.74) is 1.05. The van der Waals surface area contributed by atoms with E-state index >= 15 is 0 Å². The van der Waals surface area contributed by atoms with Crippen molar-refractivity contribution in [2.45, 2.75) is 32.2 Å². The Labute approximate surface area is 76.5 Å². The first-order valence-electron chi connectivity index (χ1n) is 4.53. The van der Waals surface area contributed by atoms with Gasteiger partial charge in [0.15, 0.2) is 0 Å². The third kappa shape index (κ3) is 1.56. The largest absolute Gasteiger partial charge is 0.410 e. The van der Waals surface area contributed by atoms with Gasteiger partial charge in [0, 0.05) is 18.5 Å². The number of carbonyl (C=O) groups is 1. The lowest BCUT2D eigenvalue weighted by Gasteiger charge is -1.98. The van der Waals surface area contributed by atoms with E-state index in [1.54, 1.807) is 4.68 Å². The van der Waals surface area contributed by atoms with Gasteiger partial charge in [-0.05, 0) is 19.8 Å². The second-order valence-corrected chi connectivity index (χ2v) is 3.21. The van der Waals surface area contributed by atoms with Crippen molar-refractivity contribution in [3.63, 3.8) is 0 Å². The maximum absolute atomic E-state index is 10.2. The van der Waals surface area contributed by atoms with E-state index in [-0.39, 0.29) is 0 Å². The molecule has 0 unspecified atom stereocenters. The topological polar surface area (TPSA) is 44.1 Å². The van der Waals surface area contributed by atoms with Gasteiger partial charge in [0.1, 0.15) is 0 Å². The van der Waals surface area contributed by atoms with Gasteiger partial charge in [-0.3, -0.25) is 4.79 Å². The van der Waals surface area contributed by atoms with Crippen molar-refractivity contribution in [2.24, 2.45) is 0 Å². The fraction of sp³-hybridized carbons (Fsp3) is 0.556. The predicted octanol–water partition coefficient (Wildman–Crippen LogP) is 1.32. The van der Waals surface area contributed by atoms with Gasteiger partial charge in [-0.25, -0.2) is 4.68 Å². The smallest absolute Gasteiger partial charge is 0.299 e. The first kappa shape index (κ1) is 8.29. The molecule has 0 spiro atoms. The lowest BCUT2D eigenvalue weighted by Crippen LogP contribution is -2.01. The molecule has 70 valence electrons. The summed E-state index contributed by atoms with van der Waals surface area (Å²) in [6, 6.07) is 1.86. The Bertz CT molecular complexity index is 315. The maximum Gasteiger partial charge on any atom is 0.299 e. The van der Waals surface area contributed by atoms with E-state index in [9.17, 15) is 4.79 Å². The van der Waals surface area contributed by atoms with Crippen LogP contribution >= 0.6 is 0 Å². The minimum absolute atomic E-state index is 0.444. The number of aromatic nitrogens is 2. The van der Waals surface area contributed by atoms with Gasteiger partial charge in [0.05, 0.1) is 5.69 Å². The fourth-order valence-electron chi connectivity index (χ4n) is 1.37. The van der Waals surface area contributed by atoms with E-state index in [0.29, 0.717) is 18.3 Å². The zero-order valence-electron chi connectivity index (χ0n) is 7.56. The molecule has 0 saturated heterocycles. The van der Waals surface area contributed by atoms with Crippen LogP contribution in [0.2, 0.25) is 0 Å². The van der Waals surface area contributed by atoms with Crippen LogP contribution in [0.15, 0.2) is 6.07 Å². The molecular formula is C9H12N2O2. The van der Waals surface area contributed by atoms with Crippen molar-refractivity contribution in [3.05, 3.63) is 11.8 Å². The summed E-state index contributed by atoms with van der Waals surface area (Å²) in [5, 5.41) is 4.34. The van der Waals surface area contributed by atoms with E-state index in [1.807, 2.05) is 13.0 Å². The Morgan fingerprint density at radius 3 is 3.08 bits per heavy atom. The number of carbonyl (C=O) groups excluding carboxylic acids is 1. The van der Waals surface area contributed by atoms with Gasteiger partial charge in [-0.2, -0.15) is 5.10 Å². The van der Waals surface area contributed by atoms with Crippen LogP contribution < -0.4 is 4.74 Å². The second-order valence-electron chi connectivity index (χ2n) is 3.21. The summed E-state index contributed by atoms with van der Waals surface area (Å²) in [7, 11) is 0. The maximum atomic E-state index is 10.2. The Hall–Kier alpha value is -1.32. The van der Waals surface area contributed by atoms with Crippen LogP contribution in [0.3, 0.4) is 0 Å². The highest BCUT2D eigenvalue weighted by molar-refractivity contribution is 5.43. The Morgan fingerprint density at radius 2 is 2.54 bits per heavy atom. The molecule has 1 aliphatic carbocycles. The van der Waals surface area contributed by atoms with Crippen LogP contribution in [0, 0.1) is 0 Å². The van der Waals surface area contributed by atoms with Gasteiger partial charge in [-0.15, -0.1) is 0 Å². The van der Waals surface area contributed by atoms with Crippen molar-refractivity contribution in [1.82, 2.24) is 9.78 Å². The van der Waals surface area contributed by atoms with E-state index < -0.39 is 0 Å². The molecule has 0 bridgehead atoms. The number of ether oxygens (including phenoxy) is 1. The summed E-state index contributed by atoms with van der Waals surface area (Å²) < 4.78 is 6.52. The second kappa shape index (κ2) is 3.20. The molecule has 13 heavy (non-hydrogen) atoms. The van der Waals surface area contributed by atoms with Crippen molar-refractivity contribution in [3.8, 4) is 5.88 Å². The molecule has 1 aromatic rings. The monoisotopic (exact) mass is 180 g/mol. The highest BCUT2D eigenvalue weighted by Crippen LogP contribution is 2.40. The summed E-state index contributed by atoms with van der Waals surface area (Å²) >= 11 is 0. The molecule has 1 aliphatic rings. The third-order valence-corrected chi connectivity index (χ3v) is 2.23. The summed E-state index contributed by atoms with van der Waals surface area (Å²) in [4.78, 5) is 10.2. The quantitative estimate of drug-likeness (QED) is 0.656. The van der Waals surface area contributed by atoms with E-state index in [4.69, 9.17) is 4.74 Å². The molecule has 0 aliphatic heterocycles. The Balaban J connectivity index is 2.24. The number of aryl methyl sites for hydroxylation is 1. The molecule has 1 aromatic heterocycles. The number of hydrogen-bond donors (Lipinski definition) is 0. The molecule has 4 nitrogen and oxygen atoms in total. The summed E-state index contributed by atoms with van der Waals surface area (Å²) in [5.74, 6) is 1.15. The minimum atomic E-state index is 0.444.